The number of carbonyl (C=O) groups excluding carboxylic acids is 1. The molecule has 0 aliphatic heterocycles. The summed E-state index contributed by atoms with van der Waals surface area (Å²) in [6, 6.07) is 24.7. The van der Waals surface area contributed by atoms with Crippen LogP contribution in [-0.2, 0) is 7.05 Å². The van der Waals surface area contributed by atoms with Gasteiger partial charge in [0.1, 0.15) is 5.82 Å². The third-order valence-corrected chi connectivity index (χ3v) is 6.24. The maximum atomic E-state index is 15.3. The summed E-state index contributed by atoms with van der Waals surface area (Å²) >= 11 is 0. The number of anilines is 3. The van der Waals surface area contributed by atoms with Gasteiger partial charge in [-0.2, -0.15) is 5.10 Å². The van der Waals surface area contributed by atoms with Gasteiger partial charge in [-0.15, -0.1) is 0 Å². The summed E-state index contributed by atoms with van der Waals surface area (Å²) in [6.45, 7) is 0. The molecule has 37 heavy (non-hydrogen) atoms. The van der Waals surface area contributed by atoms with E-state index in [2.05, 4.69) is 20.7 Å². The van der Waals surface area contributed by atoms with Gasteiger partial charge >= 0.3 is 0 Å². The normalized spacial score (nSPS) is 12.7. The first kappa shape index (κ1) is 24.0. The van der Waals surface area contributed by atoms with Crippen LogP contribution in [0.15, 0.2) is 91.1 Å². The molecule has 0 fully saturated rings. The number of hydrogen-bond acceptors (Lipinski definition) is 6. The third-order valence-electron chi connectivity index (χ3n) is 6.24. The summed E-state index contributed by atoms with van der Waals surface area (Å²) in [5.41, 5.74) is 15.5. The average Bonchev–Trinajstić information content (AvgIpc) is 3.29. The minimum absolute atomic E-state index is 0.0600. The van der Waals surface area contributed by atoms with E-state index >= 15 is 4.39 Å². The van der Waals surface area contributed by atoms with Crippen LogP contribution in [0.1, 0.15) is 33.6 Å². The summed E-state index contributed by atoms with van der Waals surface area (Å²) in [5, 5.41) is 11.4. The number of benzene rings is 3. The highest BCUT2D eigenvalue weighted by atomic mass is 19.1. The molecule has 0 aliphatic rings. The fraction of sp³-hybridized carbons (Fsp3) is 0.107. The van der Waals surface area contributed by atoms with Crippen molar-refractivity contribution in [3.63, 3.8) is 0 Å². The van der Waals surface area contributed by atoms with Crippen LogP contribution in [0.2, 0.25) is 0 Å². The minimum atomic E-state index is -0.802. The number of nitrogens with one attached hydrogen (secondary N) is 2. The Hall–Kier alpha value is -4.76. The lowest BCUT2D eigenvalue weighted by Crippen LogP contribution is -2.27. The molecule has 0 bridgehead atoms. The van der Waals surface area contributed by atoms with Gasteiger partial charge in [-0.05, 0) is 35.4 Å². The van der Waals surface area contributed by atoms with Crippen LogP contribution in [0, 0.1) is 5.82 Å². The predicted molar refractivity (Wildman–Crippen MR) is 143 cm³/mol. The number of halogens is 1. The number of nitrogens with two attached hydrogens (primary N) is 2. The number of primary amides is 1. The van der Waals surface area contributed by atoms with E-state index in [9.17, 15) is 4.79 Å². The van der Waals surface area contributed by atoms with Crippen molar-refractivity contribution < 1.29 is 9.18 Å². The molecular formula is C28H26FN7O. The van der Waals surface area contributed by atoms with Gasteiger partial charge in [-0.3, -0.25) is 9.48 Å². The molecule has 1 amide bonds. The molecule has 2 aromatic heterocycles. The molecule has 2 atom stereocenters. The van der Waals surface area contributed by atoms with E-state index in [1.165, 1.54) is 0 Å². The van der Waals surface area contributed by atoms with Crippen LogP contribution >= 0.6 is 0 Å². The molecule has 9 heteroatoms. The van der Waals surface area contributed by atoms with Gasteiger partial charge in [0.15, 0.2) is 11.6 Å². The average molecular weight is 496 g/mol. The van der Waals surface area contributed by atoms with Gasteiger partial charge in [0, 0.05) is 18.1 Å². The fourth-order valence-electron chi connectivity index (χ4n) is 4.31. The molecule has 3 aromatic carbocycles. The molecule has 186 valence electrons. The van der Waals surface area contributed by atoms with Gasteiger partial charge in [-0.1, -0.05) is 60.7 Å². The maximum Gasteiger partial charge on any atom is 0.252 e. The van der Waals surface area contributed by atoms with Crippen molar-refractivity contribution in [2.45, 2.75) is 12.1 Å². The van der Waals surface area contributed by atoms with E-state index in [1.807, 2.05) is 85.9 Å². The van der Waals surface area contributed by atoms with Crippen LogP contribution in [0.25, 0.3) is 10.9 Å². The Morgan fingerprint density at radius 2 is 1.62 bits per heavy atom. The smallest absolute Gasteiger partial charge is 0.252 e. The standard InChI is InChI=1S/C28H26FN7O/c1-36-23-13-12-20(14-19(23)16-32-36)33-27-21(26(31)37)15-22(29)28(35-27)34-25(18-10-6-3-7-11-18)24(30)17-8-4-2-5-9-17/h2-16,24-25H,30H2,1H3,(H2,31,37)(H2,33,34,35)/t24-,25+/m1/s1. The molecule has 0 saturated heterocycles. The number of carbonyl (C=O) groups is 1. The topological polar surface area (TPSA) is 124 Å². The molecule has 6 N–H and O–H groups in total. The second-order valence-corrected chi connectivity index (χ2v) is 8.72. The molecule has 0 aliphatic carbocycles. The van der Waals surface area contributed by atoms with E-state index in [1.54, 1.807) is 10.9 Å². The van der Waals surface area contributed by atoms with Crippen LogP contribution in [0.4, 0.5) is 21.7 Å². The lowest BCUT2D eigenvalue weighted by atomic mass is 9.94. The predicted octanol–water partition coefficient (Wildman–Crippen LogP) is 4.80. The second-order valence-electron chi connectivity index (χ2n) is 8.72. The quantitative estimate of drug-likeness (QED) is 0.245. The first-order chi connectivity index (χ1) is 17.9. The van der Waals surface area contributed by atoms with Gasteiger partial charge in [0.05, 0.1) is 29.4 Å². The van der Waals surface area contributed by atoms with Crippen molar-refractivity contribution in [2.75, 3.05) is 10.6 Å². The van der Waals surface area contributed by atoms with E-state index < -0.39 is 23.8 Å². The van der Waals surface area contributed by atoms with E-state index in [-0.39, 0.29) is 17.2 Å². The SMILES string of the molecule is Cn1ncc2cc(Nc3nc(N[C@@H](c4ccccc4)[C@H](N)c4ccccc4)c(F)cc3C(N)=O)ccc21. The van der Waals surface area contributed by atoms with Crippen LogP contribution in [0.3, 0.4) is 0 Å². The Balaban J connectivity index is 1.53. The Kier molecular flexibility index (Phi) is 6.53. The molecule has 0 saturated carbocycles. The highest BCUT2D eigenvalue weighted by Crippen LogP contribution is 2.33. The molecular weight excluding hydrogens is 469 g/mol. The number of nitrogens with zero attached hydrogens (tertiary/aromatic N) is 3. The summed E-state index contributed by atoms with van der Waals surface area (Å²) in [5.74, 6) is -1.46. The lowest BCUT2D eigenvalue weighted by molar-refractivity contribution is 0.100. The monoisotopic (exact) mass is 495 g/mol. The zero-order valence-electron chi connectivity index (χ0n) is 20.1. The number of aryl methyl sites for hydroxylation is 1. The maximum absolute atomic E-state index is 15.3. The summed E-state index contributed by atoms with van der Waals surface area (Å²) < 4.78 is 17.0. The molecule has 0 unspecified atom stereocenters. The van der Waals surface area contributed by atoms with Crippen LogP contribution in [0.5, 0.6) is 0 Å². The Morgan fingerprint density at radius 3 is 2.30 bits per heavy atom. The van der Waals surface area contributed by atoms with E-state index in [4.69, 9.17) is 11.5 Å². The largest absolute Gasteiger partial charge is 0.365 e. The van der Waals surface area contributed by atoms with Gasteiger partial charge in [-0.25, -0.2) is 9.37 Å². The van der Waals surface area contributed by atoms with Gasteiger partial charge < -0.3 is 22.1 Å². The van der Waals surface area contributed by atoms with E-state index in [0.29, 0.717) is 5.69 Å². The fourth-order valence-corrected chi connectivity index (χ4v) is 4.31. The van der Waals surface area contributed by atoms with Crippen molar-refractivity contribution in [3.8, 4) is 0 Å². The van der Waals surface area contributed by atoms with Crippen molar-refractivity contribution in [3.05, 3.63) is 114 Å². The molecule has 8 nitrogen and oxygen atoms in total. The highest BCUT2D eigenvalue weighted by molar-refractivity contribution is 5.99. The Bertz CT molecular complexity index is 1550. The van der Waals surface area contributed by atoms with E-state index in [0.717, 1.165) is 28.1 Å². The molecule has 5 aromatic rings. The molecule has 2 heterocycles. The van der Waals surface area contributed by atoms with Crippen molar-refractivity contribution in [1.29, 1.82) is 0 Å². The third kappa shape index (κ3) is 4.98. The summed E-state index contributed by atoms with van der Waals surface area (Å²) in [6.07, 6.45) is 1.73. The summed E-state index contributed by atoms with van der Waals surface area (Å²) in [7, 11) is 1.85. The zero-order valence-corrected chi connectivity index (χ0v) is 20.1. The van der Waals surface area contributed by atoms with Crippen molar-refractivity contribution in [2.24, 2.45) is 18.5 Å². The zero-order chi connectivity index (χ0) is 25.9. The number of fused-ring (bicyclic) bond motifs is 1. The van der Waals surface area contributed by atoms with Crippen molar-refractivity contribution in [1.82, 2.24) is 14.8 Å². The number of aromatic nitrogens is 3. The molecule has 0 spiro atoms. The van der Waals surface area contributed by atoms with Crippen LogP contribution < -0.4 is 22.1 Å². The number of amides is 1. The first-order valence-electron chi connectivity index (χ1n) is 11.7. The summed E-state index contributed by atoms with van der Waals surface area (Å²) in [4.78, 5) is 16.6. The highest BCUT2D eigenvalue weighted by Gasteiger charge is 2.25. The second kappa shape index (κ2) is 10.1. The van der Waals surface area contributed by atoms with Crippen molar-refractivity contribution >= 4 is 34.1 Å². The van der Waals surface area contributed by atoms with Crippen LogP contribution in [-0.4, -0.2) is 20.7 Å². The van der Waals surface area contributed by atoms with Gasteiger partial charge in [0.2, 0.25) is 0 Å². The number of hydrogen-bond donors (Lipinski definition) is 4. The molecule has 0 radical (unpaired) electrons. The Morgan fingerprint density at radius 1 is 0.946 bits per heavy atom. The first-order valence-corrected chi connectivity index (χ1v) is 11.7. The Labute approximate surface area is 213 Å². The lowest BCUT2D eigenvalue weighted by Gasteiger charge is -2.27. The molecule has 5 rings (SSSR count). The number of pyridine rings is 1. The number of rotatable bonds is 8. The minimum Gasteiger partial charge on any atom is -0.365 e. The van der Waals surface area contributed by atoms with Gasteiger partial charge in [0.25, 0.3) is 5.91 Å².